The molecule has 4 nitrogen and oxygen atoms in total. The first-order valence-electron chi connectivity index (χ1n) is 9.42. The summed E-state index contributed by atoms with van der Waals surface area (Å²) in [6.07, 6.45) is 1.27. The summed E-state index contributed by atoms with van der Waals surface area (Å²) in [7, 11) is 0. The van der Waals surface area contributed by atoms with E-state index in [9.17, 15) is 9.59 Å². The monoisotopic (exact) mass is 349 g/mol. The number of benzene rings is 2. The predicted molar refractivity (Wildman–Crippen MR) is 101 cm³/mol. The van der Waals surface area contributed by atoms with Gasteiger partial charge in [0.25, 0.3) is 5.91 Å². The van der Waals surface area contributed by atoms with Gasteiger partial charge in [-0.05, 0) is 29.2 Å². The molecule has 1 unspecified atom stereocenters. The zero-order valence-electron chi connectivity index (χ0n) is 15.4. The molecule has 2 aliphatic heterocycles. The summed E-state index contributed by atoms with van der Waals surface area (Å²) in [6.45, 7) is 5.99. The number of hydrogen-bond acceptors (Lipinski definition) is 2. The van der Waals surface area contributed by atoms with Gasteiger partial charge in [-0.2, -0.15) is 0 Å². The molecule has 0 aliphatic carbocycles. The lowest BCUT2D eigenvalue weighted by Gasteiger charge is -2.29. The van der Waals surface area contributed by atoms with Crippen molar-refractivity contribution in [1.82, 2.24) is 0 Å². The first-order chi connectivity index (χ1) is 12.5. The normalized spacial score (nSPS) is 22.8. The van der Waals surface area contributed by atoms with E-state index in [0.717, 1.165) is 19.5 Å². The van der Waals surface area contributed by atoms with E-state index in [1.165, 1.54) is 26.5 Å². The van der Waals surface area contributed by atoms with E-state index in [-0.39, 0.29) is 17.9 Å². The Morgan fingerprint density at radius 2 is 1.69 bits per heavy atom. The number of quaternary nitrogens is 1. The van der Waals surface area contributed by atoms with Gasteiger partial charge in [-0.3, -0.25) is 9.59 Å². The van der Waals surface area contributed by atoms with Crippen LogP contribution in [0.25, 0.3) is 0 Å². The highest BCUT2D eigenvalue weighted by molar-refractivity contribution is 6.21. The van der Waals surface area contributed by atoms with E-state index in [1.54, 1.807) is 0 Å². The van der Waals surface area contributed by atoms with Crippen molar-refractivity contribution in [3.63, 3.8) is 0 Å². The molecular weight excluding hydrogens is 324 g/mol. The summed E-state index contributed by atoms with van der Waals surface area (Å²) in [6, 6.07) is 16.0. The van der Waals surface area contributed by atoms with Crippen LogP contribution in [0.15, 0.2) is 48.5 Å². The zero-order valence-corrected chi connectivity index (χ0v) is 15.4. The van der Waals surface area contributed by atoms with Crippen LogP contribution < -0.4 is 9.80 Å². The van der Waals surface area contributed by atoms with Crippen molar-refractivity contribution in [2.24, 2.45) is 0 Å². The molecule has 2 aliphatic rings. The molecule has 2 heterocycles. The molecule has 2 aromatic carbocycles. The number of rotatable bonds is 3. The van der Waals surface area contributed by atoms with Gasteiger partial charge in [0, 0.05) is 12.0 Å². The van der Waals surface area contributed by atoms with Crippen molar-refractivity contribution in [3.05, 3.63) is 65.2 Å². The van der Waals surface area contributed by atoms with Crippen LogP contribution in [0.2, 0.25) is 0 Å². The van der Waals surface area contributed by atoms with Crippen LogP contribution >= 0.6 is 0 Å². The summed E-state index contributed by atoms with van der Waals surface area (Å²) in [5.74, 6) is 0.296. The fourth-order valence-corrected chi connectivity index (χ4v) is 4.13. The Kier molecular flexibility index (Phi) is 4.37. The summed E-state index contributed by atoms with van der Waals surface area (Å²) in [5, 5.41) is 0. The van der Waals surface area contributed by atoms with Gasteiger partial charge in [-0.25, -0.2) is 4.90 Å². The van der Waals surface area contributed by atoms with Gasteiger partial charge in [-0.1, -0.05) is 50.2 Å². The quantitative estimate of drug-likeness (QED) is 0.862. The molecule has 0 spiro atoms. The Morgan fingerprint density at radius 1 is 1.00 bits per heavy atom. The molecule has 2 atom stereocenters. The molecule has 0 bridgehead atoms. The van der Waals surface area contributed by atoms with Crippen LogP contribution in [-0.2, 0) is 22.6 Å². The lowest BCUT2D eigenvalue weighted by atomic mass is 9.98. The Labute approximate surface area is 154 Å². The highest BCUT2D eigenvalue weighted by Crippen LogP contribution is 2.25. The van der Waals surface area contributed by atoms with Crippen molar-refractivity contribution in [2.45, 2.75) is 45.2 Å². The molecule has 0 saturated carbocycles. The number of anilines is 1. The lowest BCUT2D eigenvalue weighted by Crippen LogP contribution is -3.16. The highest BCUT2D eigenvalue weighted by atomic mass is 16.2. The standard InChI is InChI=1S/C22H24N2O2/c1-15(2)16-7-9-19(10-8-16)24-21(25)13-20(22(24)26)23-12-11-17-5-3-4-6-18(17)14-23/h3-10,15,20H,11-14H2,1-2H3/p+1/t20-/m0/s1. The van der Waals surface area contributed by atoms with Crippen LogP contribution in [0.3, 0.4) is 0 Å². The van der Waals surface area contributed by atoms with Crippen LogP contribution in [0.5, 0.6) is 0 Å². The molecule has 1 saturated heterocycles. The van der Waals surface area contributed by atoms with E-state index in [4.69, 9.17) is 0 Å². The highest BCUT2D eigenvalue weighted by Gasteiger charge is 2.46. The third-order valence-electron chi connectivity index (χ3n) is 5.71. The molecule has 2 amide bonds. The summed E-state index contributed by atoms with van der Waals surface area (Å²) >= 11 is 0. The number of carbonyl (C=O) groups excluding carboxylic acids is 2. The molecule has 1 fully saturated rings. The van der Waals surface area contributed by atoms with Crippen LogP contribution in [-0.4, -0.2) is 24.4 Å². The van der Waals surface area contributed by atoms with Gasteiger partial charge >= 0.3 is 0 Å². The SMILES string of the molecule is CC(C)c1ccc(N2C(=O)C[C@H]([NH+]3CCc4ccccc4C3)C2=O)cc1. The van der Waals surface area contributed by atoms with Crippen LogP contribution in [0.1, 0.15) is 42.9 Å². The maximum Gasteiger partial charge on any atom is 0.292 e. The Balaban J connectivity index is 1.54. The topological polar surface area (TPSA) is 41.8 Å². The minimum absolute atomic E-state index is 0.0540. The molecule has 4 heteroatoms. The largest absolute Gasteiger partial charge is 0.320 e. The fraction of sp³-hybridized carbons (Fsp3) is 0.364. The predicted octanol–water partition coefficient (Wildman–Crippen LogP) is 2.08. The average Bonchev–Trinajstić information content (AvgIpc) is 2.95. The number of hydrogen-bond donors (Lipinski definition) is 1. The second-order valence-electron chi connectivity index (χ2n) is 7.67. The van der Waals surface area contributed by atoms with Crippen molar-refractivity contribution in [1.29, 1.82) is 0 Å². The van der Waals surface area contributed by atoms with Crippen molar-refractivity contribution in [3.8, 4) is 0 Å². The number of carbonyl (C=O) groups is 2. The Hall–Kier alpha value is -2.46. The molecule has 134 valence electrons. The van der Waals surface area contributed by atoms with E-state index < -0.39 is 0 Å². The van der Waals surface area contributed by atoms with Crippen molar-refractivity contribution in [2.75, 3.05) is 11.4 Å². The number of imide groups is 1. The molecule has 2 aromatic rings. The number of fused-ring (bicyclic) bond motifs is 1. The molecule has 0 aromatic heterocycles. The van der Waals surface area contributed by atoms with Gasteiger partial charge < -0.3 is 4.90 Å². The minimum atomic E-state index is -0.263. The fourth-order valence-electron chi connectivity index (χ4n) is 4.13. The van der Waals surface area contributed by atoms with Crippen LogP contribution in [0.4, 0.5) is 5.69 Å². The van der Waals surface area contributed by atoms with E-state index in [2.05, 4.69) is 32.0 Å². The summed E-state index contributed by atoms with van der Waals surface area (Å²) in [5.41, 5.74) is 4.58. The maximum absolute atomic E-state index is 13.0. The van der Waals surface area contributed by atoms with Gasteiger partial charge in [0.15, 0.2) is 6.04 Å². The van der Waals surface area contributed by atoms with Gasteiger partial charge in [-0.15, -0.1) is 0 Å². The van der Waals surface area contributed by atoms with Gasteiger partial charge in [0.2, 0.25) is 5.91 Å². The van der Waals surface area contributed by atoms with Gasteiger partial charge in [0.1, 0.15) is 6.54 Å². The molecule has 26 heavy (non-hydrogen) atoms. The second kappa shape index (κ2) is 6.69. The molecular formula is C22H25N2O2+. The van der Waals surface area contributed by atoms with Gasteiger partial charge in [0.05, 0.1) is 18.7 Å². The third-order valence-corrected chi connectivity index (χ3v) is 5.71. The third kappa shape index (κ3) is 2.95. The Morgan fingerprint density at radius 3 is 2.38 bits per heavy atom. The maximum atomic E-state index is 13.0. The molecule has 1 N–H and O–H groups in total. The van der Waals surface area contributed by atoms with E-state index in [1.807, 2.05) is 30.3 Å². The number of nitrogens with one attached hydrogen (secondary N) is 1. The Bertz CT molecular complexity index is 841. The average molecular weight is 349 g/mol. The van der Waals surface area contributed by atoms with Crippen molar-refractivity contribution < 1.29 is 14.5 Å². The van der Waals surface area contributed by atoms with Crippen LogP contribution in [0, 0.1) is 0 Å². The van der Waals surface area contributed by atoms with Crippen molar-refractivity contribution >= 4 is 17.5 Å². The van der Waals surface area contributed by atoms with E-state index >= 15 is 0 Å². The smallest absolute Gasteiger partial charge is 0.292 e. The number of amides is 2. The van der Waals surface area contributed by atoms with E-state index in [0.29, 0.717) is 18.0 Å². The summed E-state index contributed by atoms with van der Waals surface area (Å²) < 4.78 is 0. The first kappa shape index (κ1) is 17.0. The number of nitrogens with zero attached hydrogens (tertiary/aromatic N) is 1. The molecule has 4 rings (SSSR count). The lowest BCUT2D eigenvalue weighted by molar-refractivity contribution is -0.930. The molecule has 0 radical (unpaired) electrons. The second-order valence-corrected chi connectivity index (χ2v) is 7.67. The summed E-state index contributed by atoms with van der Waals surface area (Å²) in [4.78, 5) is 28.2. The minimum Gasteiger partial charge on any atom is -0.320 e. The first-order valence-corrected chi connectivity index (χ1v) is 9.42. The zero-order chi connectivity index (χ0) is 18.3.